The minimum Gasteiger partial charge on any atom is -0.383 e. The van der Waals surface area contributed by atoms with Gasteiger partial charge >= 0.3 is 0 Å². The number of sulfonamides is 1. The van der Waals surface area contributed by atoms with E-state index in [2.05, 4.69) is 25.8 Å². The van der Waals surface area contributed by atoms with Gasteiger partial charge in [0.2, 0.25) is 10.0 Å². The molecule has 1 heterocycles. The number of rotatable bonds is 7. The van der Waals surface area contributed by atoms with Crippen molar-refractivity contribution in [1.82, 2.24) is 9.29 Å². The van der Waals surface area contributed by atoms with E-state index < -0.39 is 10.0 Å². The molecule has 5 nitrogen and oxygen atoms in total. The van der Waals surface area contributed by atoms with Gasteiger partial charge in [-0.25, -0.2) is 8.42 Å². The summed E-state index contributed by atoms with van der Waals surface area (Å²) in [7, 11) is -2.04. The van der Waals surface area contributed by atoms with Gasteiger partial charge in [-0.15, -0.1) is 0 Å². The molecule has 0 aliphatic heterocycles. The third kappa shape index (κ3) is 5.11. The minimum atomic E-state index is -3.60. The zero-order valence-corrected chi connectivity index (χ0v) is 16.1. The highest BCUT2D eigenvalue weighted by Gasteiger charge is 2.25. The van der Waals surface area contributed by atoms with Crippen molar-refractivity contribution in [3.63, 3.8) is 0 Å². The molecule has 1 aromatic carbocycles. The molecule has 2 aromatic rings. The fraction of sp³-hybridized carbons (Fsp3) is 0.421. The van der Waals surface area contributed by atoms with Gasteiger partial charge in [-0.2, -0.15) is 4.31 Å². The number of benzene rings is 1. The van der Waals surface area contributed by atoms with E-state index in [1.807, 2.05) is 24.3 Å². The van der Waals surface area contributed by atoms with E-state index in [1.54, 1.807) is 31.6 Å². The maximum Gasteiger partial charge on any atom is 0.243 e. The molecule has 2 rings (SSSR count). The molecule has 25 heavy (non-hydrogen) atoms. The van der Waals surface area contributed by atoms with Crippen LogP contribution in [-0.4, -0.2) is 38.0 Å². The Bertz CT molecular complexity index is 767. The zero-order valence-electron chi connectivity index (χ0n) is 15.3. The third-order valence-electron chi connectivity index (χ3n) is 4.01. The first-order valence-corrected chi connectivity index (χ1v) is 9.67. The van der Waals surface area contributed by atoms with E-state index in [-0.39, 0.29) is 12.0 Å². The van der Waals surface area contributed by atoms with E-state index in [1.165, 1.54) is 4.31 Å². The summed E-state index contributed by atoms with van der Waals surface area (Å²) in [4.78, 5) is 4.27. The van der Waals surface area contributed by atoms with Crippen LogP contribution in [0.15, 0.2) is 53.7 Å². The van der Waals surface area contributed by atoms with Crippen LogP contribution in [-0.2, 0) is 26.7 Å². The van der Waals surface area contributed by atoms with Crippen LogP contribution in [0.1, 0.15) is 31.9 Å². The predicted molar refractivity (Wildman–Crippen MR) is 98.9 cm³/mol. The van der Waals surface area contributed by atoms with Crippen LogP contribution in [0.4, 0.5) is 0 Å². The zero-order chi connectivity index (χ0) is 18.5. The van der Waals surface area contributed by atoms with Gasteiger partial charge in [0.1, 0.15) is 0 Å². The molecule has 0 atom stereocenters. The summed E-state index contributed by atoms with van der Waals surface area (Å²) in [5.74, 6) is 0. The summed E-state index contributed by atoms with van der Waals surface area (Å²) in [6, 6.07) is 10.8. The standard InChI is InChI=1S/C19H26N2O3S/c1-19(2,3)17-5-7-18(8-6-17)25(22,23)21(13-14-24-4)15-16-9-11-20-12-10-16/h5-12H,13-15H2,1-4H3. The van der Waals surface area contributed by atoms with E-state index in [9.17, 15) is 8.42 Å². The maximum absolute atomic E-state index is 13.1. The molecule has 6 heteroatoms. The van der Waals surface area contributed by atoms with Gasteiger partial charge in [0.25, 0.3) is 0 Å². The maximum atomic E-state index is 13.1. The first kappa shape index (κ1) is 19.6. The molecule has 0 fully saturated rings. The summed E-state index contributed by atoms with van der Waals surface area (Å²) < 4.78 is 32.6. The molecular formula is C19H26N2O3S. The van der Waals surface area contributed by atoms with Crippen molar-refractivity contribution in [2.24, 2.45) is 0 Å². The molecule has 0 saturated heterocycles. The molecule has 0 radical (unpaired) electrons. The molecular weight excluding hydrogens is 336 g/mol. The van der Waals surface area contributed by atoms with Gasteiger partial charge in [0, 0.05) is 32.6 Å². The molecule has 0 aliphatic rings. The van der Waals surface area contributed by atoms with Crippen molar-refractivity contribution >= 4 is 10.0 Å². The second-order valence-electron chi connectivity index (χ2n) is 6.96. The molecule has 0 aliphatic carbocycles. The summed E-state index contributed by atoms with van der Waals surface area (Å²) in [6.45, 7) is 7.22. The van der Waals surface area contributed by atoms with Crippen LogP contribution in [0, 0.1) is 0 Å². The number of hydrogen-bond acceptors (Lipinski definition) is 4. The quantitative estimate of drug-likeness (QED) is 0.759. The van der Waals surface area contributed by atoms with E-state index >= 15 is 0 Å². The van der Waals surface area contributed by atoms with Crippen molar-refractivity contribution in [3.8, 4) is 0 Å². The van der Waals surface area contributed by atoms with E-state index in [4.69, 9.17) is 4.74 Å². The summed E-state index contributed by atoms with van der Waals surface area (Å²) in [6.07, 6.45) is 3.32. The third-order valence-corrected chi connectivity index (χ3v) is 5.87. The Balaban J connectivity index is 2.30. The smallest absolute Gasteiger partial charge is 0.243 e. The summed E-state index contributed by atoms with van der Waals surface area (Å²) in [5.41, 5.74) is 1.97. The average Bonchev–Trinajstić information content (AvgIpc) is 2.58. The van der Waals surface area contributed by atoms with Crippen LogP contribution >= 0.6 is 0 Å². The van der Waals surface area contributed by atoms with Crippen LogP contribution in [0.25, 0.3) is 0 Å². The molecule has 0 spiro atoms. The second-order valence-corrected chi connectivity index (χ2v) is 8.90. The number of pyridine rings is 1. The highest BCUT2D eigenvalue weighted by atomic mass is 32.2. The molecule has 136 valence electrons. The van der Waals surface area contributed by atoms with Crippen LogP contribution in [0.2, 0.25) is 0 Å². The van der Waals surface area contributed by atoms with Crippen molar-refractivity contribution in [1.29, 1.82) is 0 Å². The van der Waals surface area contributed by atoms with Crippen LogP contribution < -0.4 is 0 Å². The van der Waals surface area contributed by atoms with Crippen molar-refractivity contribution < 1.29 is 13.2 Å². The summed E-state index contributed by atoms with van der Waals surface area (Å²) >= 11 is 0. The fourth-order valence-electron chi connectivity index (χ4n) is 2.45. The minimum absolute atomic E-state index is 0.0188. The number of aromatic nitrogens is 1. The summed E-state index contributed by atoms with van der Waals surface area (Å²) in [5, 5.41) is 0. The number of nitrogens with zero attached hydrogens (tertiary/aromatic N) is 2. The molecule has 0 saturated carbocycles. The van der Waals surface area contributed by atoms with Crippen molar-refractivity contribution in [2.75, 3.05) is 20.3 Å². The molecule has 0 bridgehead atoms. The van der Waals surface area contributed by atoms with Crippen molar-refractivity contribution in [2.45, 2.75) is 37.6 Å². The number of hydrogen-bond donors (Lipinski definition) is 0. The highest BCUT2D eigenvalue weighted by molar-refractivity contribution is 7.89. The molecule has 0 unspecified atom stereocenters. The Hall–Kier alpha value is -1.76. The van der Waals surface area contributed by atoms with Crippen LogP contribution in [0.5, 0.6) is 0 Å². The predicted octanol–water partition coefficient (Wildman–Crippen LogP) is 3.22. The highest BCUT2D eigenvalue weighted by Crippen LogP contribution is 2.25. The Morgan fingerprint density at radius 1 is 1.04 bits per heavy atom. The Labute approximate surface area is 150 Å². The molecule has 0 amide bonds. The number of methoxy groups -OCH3 is 1. The molecule has 1 aromatic heterocycles. The SMILES string of the molecule is COCCN(Cc1ccncc1)S(=O)(=O)c1ccc(C(C)(C)C)cc1. The Morgan fingerprint density at radius 2 is 1.64 bits per heavy atom. The normalized spacial score (nSPS) is 12.5. The van der Waals surface area contributed by atoms with Crippen LogP contribution in [0.3, 0.4) is 0 Å². The monoisotopic (exact) mass is 362 g/mol. The number of ether oxygens (including phenoxy) is 1. The van der Waals surface area contributed by atoms with Gasteiger partial charge in [-0.05, 0) is 40.8 Å². The fourth-order valence-corrected chi connectivity index (χ4v) is 3.86. The largest absolute Gasteiger partial charge is 0.383 e. The lowest BCUT2D eigenvalue weighted by Gasteiger charge is -2.23. The Morgan fingerprint density at radius 3 is 2.16 bits per heavy atom. The van der Waals surface area contributed by atoms with Gasteiger partial charge < -0.3 is 4.74 Å². The van der Waals surface area contributed by atoms with Gasteiger partial charge in [0.15, 0.2) is 0 Å². The molecule has 0 N–H and O–H groups in total. The van der Waals surface area contributed by atoms with Crippen molar-refractivity contribution in [3.05, 3.63) is 59.9 Å². The lowest BCUT2D eigenvalue weighted by atomic mass is 9.87. The van der Waals surface area contributed by atoms with Gasteiger partial charge in [-0.1, -0.05) is 32.9 Å². The van der Waals surface area contributed by atoms with Gasteiger partial charge in [0.05, 0.1) is 11.5 Å². The van der Waals surface area contributed by atoms with E-state index in [0.717, 1.165) is 11.1 Å². The first-order valence-electron chi connectivity index (χ1n) is 8.23. The lowest BCUT2D eigenvalue weighted by molar-refractivity contribution is 0.177. The Kier molecular flexibility index (Phi) is 6.32. The first-order chi connectivity index (χ1) is 11.7. The van der Waals surface area contributed by atoms with E-state index in [0.29, 0.717) is 18.0 Å². The lowest BCUT2D eigenvalue weighted by Crippen LogP contribution is -2.33. The average molecular weight is 362 g/mol. The van der Waals surface area contributed by atoms with Gasteiger partial charge in [-0.3, -0.25) is 4.98 Å². The second kappa shape index (κ2) is 8.08. The topological polar surface area (TPSA) is 59.5 Å².